The summed E-state index contributed by atoms with van der Waals surface area (Å²) < 4.78 is 0. The van der Waals surface area contributed by atoms with E-state index in [1.165, 1.54) is 0 Å². The summed E-state index contributed by atoms with van der Waals surface area (Å²) in [4.78, 5) is 8.89. The Labute approximate surface area is 82.9 Å². The predicted octanol–water partition coefficient (Wildman–Crippen LogP) is -8.26. The molecule has 0 aliphatic heterocycles. The Morgan fingerprint density at radius 1 is 1.38 bits per heavy atom. The fourth-order valence-corrected chi connectivity index (χ4v) is 0. The molecular formula is C3H6LiNaO3. The van der Waals surface area contributed by atoms with E-state index in [-0.39, 0.29) is 48.4 Å². The number of aliphatic carboxylic acids is 1. The SMILES string of the molecule is CC(=O)[O-].C[O-].[Li+].[Na+]. The standard InChI is InChI=1S/C2H4O2.CH3O.Li.Na/c1-2(3)4;1-2;;/h1H3,(H,3,4);1H3;;/q;-1;2*+1/p-1. The van der Waals surface area contributed by atoms with Crippen molar-refractivity contribution < 1.29 is 63.4 Å². The van der Waals surface area contributed by atoms with E-state index in [1.54, 1.807) is 0 Å². The molecule has 0 rings (SSSR count). The van der Waals surface area contributed by atoms with Crippen LogP contribution >= 0.6 is 0 Å². The third-order valence-corrected chi connectivity index (χ3v) is 0. The van der Waals surface area contributed by atoms with E-state index in [4.69, 9.17) is 15.0 Å². The Morgan fingerprint density at radius 2 is 1.38 bits per heavy atom. The Kier molecular flexibility index (Phi) is 70.3. The predicted molar refractivity (Wildman–Crippen MR) is 16.6 cm³/mol. The van der Waals surface area contributed by atoms with Gasteiger partial charge in [0.15, 0.2) is 0 Å². The first-order chi connectivity index (χ1) is 2.73. The largest absolute Gasteiger partial charge is 1.00 e. The molecule has 5 heteroatoms. The second-order valence-corrected chi connectivity index (χ2v) is 0.492. The maximum absolute atomic E-state index is 8.89. The van der Waals surface area contributed by atoms with Crippen LogP contribution in [0, 0.1) is 0 Å². The molecule has 0 aliphatic rings. The van der Waals surface area contributed by atoms with Crippen molar-refractivity contribution in [1.82, 2.24) is 0 Å². The molecule has 0 N–H and O–H groups in total. The summed E-state index contributed by atoms with van der Waals surface area (Å²) in [5.41, 5.74) is 0. The summed E-state index contributed by atoms with van der Waals surface area (Å²) >= 11 is 0. The molecule has 3 nitrogen and oxygen atoms in total. The molecule has 0 bridgehead atoms. The van der Waals surface area contributed by atoms with Gasteiger partial charge in [0, 0.05) is 5.97 Å². The van der Waals surface area contributed by atoms with Crippen molar-refractivity contribution in [3.05, 3.63) is 0 Å². The van der Waals surface area contributed by atoms with Gasteiger partial charge in [0.2, 0.25) is 0 Å². The zero-order valence-electron chi connectivity index (χ0n) is 5.72. The van der Waals surface area contributed by atoms with Gasteiger partial charge in [-0.15, -0.1) is 0 Å². The van der Waals surface area contributed by atoms with Crippen LogP contribution in [0.1, 0.15) is 6.92 Å². The maximum Gasteiger partial charge on any atom is 1.00 e. The van der Waals surface area contributed by atoms with Crippen LogP contribution in [-0.2, 0) is 4.79 Å². The third-order valence-electron chi connectivity index (χ3n) is 0. The van der Waals surface area contributed by atoms with Crippen LogP contribution in [0.15, 0.2) is 0 Å². The van der Waals surface area contributed by atoms with Gasteiger partial charge in [-0.2, -0.15) is 7.11 Å². The van der Waals surface area contributed by atoms with E-state index in [0.717, 1.165) is 14.0 Å². The number of hydrogen-bond donors (Lipinski definition) is 0. The summed E-state index contributed by atoms with van der Waals surface area (Å²) in [6.45, 7) is 0.972. The Balaban J connectivity index is -0.0000000183. The van der Waals surface area contributed by atoms with Crippen molar-refractivity contribution in [2.24, 2.45) is 0 Å². The molecule has 0 atom stereocenters. The van der Waals surface area contributed by atoms with Crippen molar-refractivity contribution in [3.8, 4) is 0 Å². The maximum atomic E-state index is 8.89. The molecule has 0 fully saturated rings. The van der Waals surface area contributed by atoms with E-state index < -0.39 is 5.97 Å². The summed E-state index contributed by atoms with van der Waals surface area (Å²) in [6.07, 6.45) is 0. The van der Waals surface area contributed by atoms with E-state index in [9.17, 15) is 0 Å². The summed E-state index contributed by atoms with van der Waals surface area (Å²) in [5, 5.41) is 17.1. The molecule has 0 radical (unpaired) electrons. The third kappa shape index (κ3) is 242. The van der Waals surface area contributed by atoms with Gasteiger partial charge in [-0.3, -0.25) is 0 Å². The second kappa shape index (κ2) is 24.4. The molecule has 0 spiro atoms. The minimum Gasteiger partial charge on any atom is -0.857 e. The number of carboxylic acid groups (broad SMARTS) is 1. The summed E-state index contributed by atoms with van der Waals surface area (Å²) in [6, 6.07) is 0. The van der Waals surface area contributed by atoms with Gasteiger partial charge in [0.05, 0.1) is 0 Å². The van der Waals surface area contributed by atoms with Crippen LogP contribution in [0.25, 0.3) is 0 Å². The van der Waals surface area contributed by atoms with Crippen LogP contribution in [-0.4, -0.2) is 13.1 Å². The molecule has 8 heavy (non-hydrogen) atoms. The van der Waals surface area contributed by atoms with E-state index >= 15 is 0 Å². The summed E-state index contributed by atoms with van der Waals surface area (Å²) in [7, 11) is 0.750. The van der Waals surface area contributed by atoms with E-state index in [1.807, 2.05) is 0 Å². The molecule has 0 saturated carbocycles. The molecule has 0 aliphatic carbocycles. The van der Waals surface area contributed by atoms with E-state index in [0.29, 0.717) is 0 Å². The molecule has 0 aromatic rings. The molecule has 0 heterocycles. The molecule has 0 unspecified atom stereocenters. The minimum absolute atomic E-state index is 0. The van der Waals surface area contributed by atoms with E-state index in [2.05, 4.69) is 0 Å². The van der Waals surface area contributed by atoms with Gasteiger partial charge in [-0.1, -0.05) is 0 Å². The van der Waals surface area contributed by atoms with Crippen molar-refractivity contribution in [2.45, 2.75) is 6.92 Å². The Morgan fingerprint density at radius 3 is 1.38 bits per heavy atom. The number of carbonyl (C=O) groups is 1. The normalized spacial score (nSPS) is 3.88. The van der Waals surface area contributed by atoms with Crippen molar-refractivity contribution in [3.63, 3.8) is 0 Å². The van der Waals surface area contributed by atoms with Crippen molar-refractivity contribution in [1.29, 1.82) is 0 Å². The Hall–Kier alpha value is 1.03. The first kappa shape index (κ1) is 23.0. The van der Waals surface area contributed by atoms with Gasteiger partial charge in [-0.25, -0.2) is 0 Å². The average Bonchev–Trinajstić information content (AvgIpc) is 1.41. The van der Waals surface area contributed by atoms with Crippen LogP contribution in [0.4, 0.5) is 0 Å². The average molecular weight is 120 g/mol. The summed E-state index contributed by atoms with van der Waals surface area (Å²) in [5.74, 6) is -1.08. The smallest absolute Gasteiger partial charge is 0.857 e. The fraction of sp³-hybridized carbons (Fsp3) is 0.667. The number of rotatable bonds is 0. The van der Waals surface area contributed by atoms with Gasteiger partial charge < -0.3 is 15.0 Å². The fourth-order valence-electron chi connectivity index (χ4n) is 0. The molecule has 38 valence electrons. The van der Waals surface area contributed by atoms with Gasteiger partial charge in [0.25, 0.3) is 0 Å². The first-order valence-electron chi connectivity index (χ1n) is 1.32. The molecule has 0 amide bonds. The number of carbonyl (C=O) groups excluding carboxylic acids is 1. The van der Waals surface area contributed by atoms with Crippen molar-refractivity contribution >= 4 is 5.97 Å². The zero-order chi connectivity index (χ0) is 5.58. The topological polar surface area (TPSA) is 63.2 Å². The van der Waals surface area contributed by atoms with Crippen LogP contribution in [0.3, 0.4) is 0 Å². The van der Waals surface area contributed by atoms with Crippen LogP contribution in [0.5, 0.6) is 0 Å². The molecular weight excluding hydrogens is 114 g/mol. The monoisotopic (exact) mass is 120 g/mol. The molecule has 0 aromatic heterocycles. The van der Waals surface area contributed by atoms with Gasteiger partial charge in [-0.05, 0) is 6.92 Å². The van der Waals surface area contributed by atoms with Crippen LogP contribution < -0.4 is 58.6 Å². The van der Waals surface area contributed by atoms with Crippen LogP contribution in [0.2, 0.25) is 0 Å². The molecule has 0 aromatic carbocycles. The number of hydrogen-bond acceptors (Lipinski definition) is 3. The minimum atomic E-state index is -1.08. The Bertz CT molecular complexity index is 37.5. The molecule has 0 saturated heterocycles. The van der Waals surface area contributed by atoms with Crippen molar-refractivity contribution in [2.75, 3.05) is 7.11 Å². The second-order valence-electron chi connectivity index (χ2n) is 0.492. The number of carboxylic acids is 1. The zero-order valence-corrected chi connectivity index (χ0v) is 7.72. The van der Waals surface area contributed by atoms with Gasteiger partial charge in [0.1, 0.15) is 0 Å². The van der Waals surface area contributed by atoms with Gasteiger partial charge >= 0.3 is 48.4 Å². The first-order valence-corrected chi connectivity index (χ1v) is 1.32. The quantitative estimate of drug-likeness (QED) is 0.298.